The van der Waals surface area contributed by atoms with Gasteiger partial charge in [0.15, 0.2) is 0 Å². The number of nitrogens with two attached hydrogens (primary N) is 1. The lowest BCUT2D eigenvalue weighted by molar-refractivity contribution is 0.100. The molecule has 4 heteroatoms. The minimum atomic E-state index is -0.402. The van der Waals surface area contributed by atoms with E-state index in [1.807, 2.05) is 30.3 Å². The predicted octanol–water partition coefficient (Wildman–Crippen LogP) is 6.21. The lowest BCUT2D eigenvalue weighted by atomic mass is 10.0. The summed E-state index contributed by atoms with van der Waals surface area (Å²) in [5.74, 6) is -0.402. The molecule has 3 nitrogen and oxygen atoms in total. The first-order chi connectivity index (χ1) is 14.6. The minimum absolute atomic E-state index is 0.402. The fraction of sp³-hybridized carbons (Fsp3) is 0.0385. The lowest BCUT2D eigenvalue weighted by Gasteiger charge is -2.11. The summed E-state index contributed by atoms with van der Waals surface area (Å²) in [4.78, 5) is 12.2. The van der Waals surface area contributed by atoms with Crippen molar-refractivity contribution >= 4 is 50.3 Å². The van der Waals surface area contributed by atoms with Gasteiger partial charge in [-0.1, -0.05) is 66.7 Å². The van der Waals surface area contributed by atoms with E-state index in [4.69, 9.17) is 5.73 Å². The highest BCUT2D eigenvalue weighted by Crippen LogP contribution is 2.35. The van der Waals surface area contributed by atoms with E-state index in [9.17, 15) is 4.79 Å². The zero-order valence-corrected chi connectivity index (χ0v) is 18.3. The van der Waals surface area contributed by atoms with Crippen LogP contribution >= 0.6 is 22.6 Å². The van der Waals surface area contributed by atoms with E-state index in [2.05, 4.69) is 87.8 Å². The van der Waals surface area contributed by atoms with Crippen LogP contribution in [0.15, 0.2) is 91.0 Å². The van der Waals surface area contributed by atoms with Crippen molar-refractivity contribution < 1.29 is 4.79 Å². The maximum Gasteiger partial charge on any atom is 0.249 e. The molecule has 0 radical (unpaired) electrons. The Morgan fingerprint density at radius 1 is 0.800 bits per heavy atom. The van der Waals surface area contributed by atoms with Crippen molar-refractivity contribution in [1.82, 2.24) is 4.57 Å². The van der Waals surface area contributed by atoms with Gasteiger partial charge in [0.05, 0.1) is 11.0 Å². The number of primary amides is 1. The van der Waals surface area contributed by atoms with E-state index in [-0.39, 0.29) is 0 Å². The molecule has 0 aliphatic rings. The maximum absolute atomic E-state index is 12.2. The number of hydrogen-bond acceptors (Lipinski definition) is 1. The number of aromatic nitrogens is 1. The van der Waals surface area contributed by atoms with Gasteiger partial charge in [-0.05, 0) is 63.5 Å². The molecule has 1 heterocycles. The Morgan fingerprint density at radius 3 is 2.33 bits per heavy atom. The summed E-state index contributed by atoms with van der Waals surface area (Å²) in [5.41, 5.74) is 12.0. The van der Waals surface area contributed by atoms with Crippen LogP contribution in [0.4, 0.5) is 0 Å². The predicted molar refractivity (Wildman–Crippen MR) is 132 cm³/mol. The average molecular weight is 502 g/mol. The number of benzene rings is 4. The standard InChI is InChI=1S/C26H19IN2O/c27-22-11-5-4-9-19(22)16-29-23-12-6-10-21(26(28)30)25(23)20-14-13-18(15-24(20)29)17-7-2-1-3-8-17/h1-15H,16H2,(H2,28,30). The average Bonchev–Trinajstić information content (AvgIpc) is 3.09. The molecular weight excluding hydrogens is 483 g/mol. The molecule has 0 bridgehead atoms. The van der Waals surface area contributed by atoms with E-state index in [0.717, 1.165) is 33.9 Å². The first-order valence-corrected chi connectivity index (χ1v) is 10.8. The lowest BCUT2D eigenvalue weighted by Crippen LogP contribution is -2.11. The second kappa shape index (κ2) is 7.61. The third kappa shape index (κ3) is 3.17. The van der Waals surface area contributed by atoms with Crippen LogP contribution in [-0.2, 0) is 6.54 Å². The summed E-state index contributed by atoms with van der Waals surface area (Å²) in [6.45, 7) is 0.722. The van der Waals surface area contributed by atoms with Crippen molar-refractivity contribution in [2.24, 2.45) is 5.73 Å². The molecule has 5 rings (SSSR count). The van der Waals surface area contributed by atoms with Gasteiger partial charge in [-0.25, -0.2) is 0 Å². The number of hydrogen-bond donors (Lipinski definition) is 1. The first-order valence-electron chi connectivity index (χ1n) is 9.77. The van der Waals surface area contributed by atoms with E-state index in [1.165, 1.54) is 14.7 Å². The number of fused-ring (bicyclic) bond motifs is 3. The summed E-state index contributed by atoms with van der Waals surface area (Å²) in [7, 11) is 0. The quantitative estimate of drug-likeness (QED) is 0.292. The number of rotatable bonds is 4. The summed E-state index contributed by atoms with van der Waals surface area (Å²) in [5, 5.41) is 1.97. The Hall–Kier alpha value is -3.12. The highest BCUT2D eigenvalue weighted by molar-refractivity contribution is 14.1. The molecule has 0 aliphatic heterocycles. The van der Waals surface area contributed by atoms with Crippen LogP contribution in [0.3, 0.4) is 0 Å². The van der Waals surface area contributed by atoms with E-state index in [0.29, 0.717) is 5.56 Å². The first kappa shape index (κ1) is 18.9. The monoisotopic (exact) mass is 502 g/mol. The molecule has 1 aromatic heterocycles. The number of amides is 1. The molecule has 146 valence electrons. The molecule has 0 fully saturated rings. The second-order valence-electron chi connectivity index (χ2n) is 7.34. The van der Waals surface area contributed by atoms with Crippen LogP contribution in [0, 0.1) is 3.57 Å². The Balaban J connectivity index is 1.83. The molecule has 0 aliphatic carbocycles. The fourth-order valence-electron chi connectivity index (χ4n) is 4.13. The smallest absolute Gasteiger partial charge is 0.249 e. The van der Waals surface area contributed by atoms with Gasteiger partial charge in [-0.3, -0.25) is 4.79 Å². The van der Waals surface area contributed by atoms with Crippen LogP contribution < -0.4 is 5.73 Å². The summed E-state index contributed by atoms with van der Waals surface area (Å²) < 4.78 is 3.51. The van der Waals surface area contributed by atoms with Gasteiger partial charge in [0.1, 0.15) is 0 Å². The van der Waals surface area contributed by atoms with Crippen molar-refractivity contribution in [3.05, 3.63) is 106 Å². The summed E-state index contributed by atoms with van der Waals surface area (Å²) in [6.07, 6.45) is 0. The SMILES string of the molecule is NC(=O)c1cccc2c1c1ccc(-c3ccccc3)cc1n2Cc1ccccc1I. The largest absolute Gasteiger partial charge is 0.366 e. The van der Waals surface area contributed by atoms with E-state index in [1.54, 1.807) is 0 Å². The van der Waals surface area contributed by atoms with Crippen molar-refractivity contribution in [2.45, 2.75) is 6.54 Å². The second-order valence-corrected chi connectivity index (χ2v) is 8.50. The van der Waals surface area contributed by atoms with Crippen molar-refractivity contribution in [3.63, 3.8) is 0 Å². The Bertz CT molecular complexity index is 1400. The number of nitrogens with zero attached hydrogens (tertiary/aromatic N) is 1. The molecule has 0 unspecified atom stereocenters. The molecule has 4 aromatic carbocycles. The van der Waals surface area contributed by atoms with Gasteiger partial charge in [-0.2, -0.15) is 0 Å². The Kier molecular flexibility index (Phi) is 4.79. The third-order valence-corrected chi connectivity index (χ3v) is 6.60. The van der Waals surface area contributed by atoms with Gasteiger partial charge in [0.25, 0.3) is 0 Å². The highest BCUT2D eigenvalue weighted by Gasteiger charge is 2.17. The molecule has 5 aromatic rings. The molecule has 0 saturated carbocycles. The van der Waals surface area contributed by atoms with Crippen LogP contribution in [-0.4, -0.2) is 10.5 Å². The van der Waals surface area contributed by atoms with Crippen LogP contribution in [0.25, 0.3) is 32.9 Å². The molecule has 0 atom stereocenters. The number of carbonyl (C=O) groups excluding carboxylic acids is 1. The van der Waals surface area contributed by atoms with Gasteiger partial charge >= 0.3 is 0 Å². The normalized spacial score (nSPS) is 11.2. The van der Waals surface area contributed by atoms with Crippen molar-refractivity contribution in [1.29, 1.82) is 0 Å². The molecule has 0 spiro atoms. The molecular formula is C26H19IN2O. The number of carbonyl (C=O) groups is 1. The van der Waals surface area contributed by atoms with Gasteiger partial charge in [-0.15, -0.1) is 0 Å². The number of halogens is 1. The molecule has 30 heavy (non-hydrogen) atoms. The van der Waals surface area contributed by atoms with Crippen molar-refractivity contribution in [2.75, 3.05) is 0 Å². The zero-order chi connectivity index (χ0) is 20.7. The van der Waals surface area contributed by atoms with Gasteiger partial charge in [0, 0.05) is 26.5 Å². The Labute approximate surface area is 188 Å². The van der Waals surface area contributed by atoms with E-state index < -0.39 is 5.91 Å². The highest BCUT2D eigenvalue weighted by atomic mass is 127. The van der Waals surface area contributed by atoms with Crippen molar-refractivity contribution in [3.8, 4) is 11.1 Å². The third-order valence-electron chi connectivity index (χ3n) is 5.55. The minimum Gasteiger partial charge on any atom is -0.366 e. The van der Waals surface area contributed by atoms with Gasteiger partial charge in [0.2, 0.25) is 5.91 Å². The molecule has 0 saturated heterocycles. The fourth-order valence-corrected chi connectivity index (χ4v) is 4.69. The topological polar surface area (TPSA) is 48.0 Å². The summed E-state index contributed by atoms with van der Waals surface area (Å²) in [6, 6.07) is 31.0. The van der Waals surface area contributed by atoms with Crippen LogP contribution in [0.1, 0.15) is 15.9 Å². The van der Waals surface area contributed by atoms with Crippen LogP contribution in [0.5, 0.6) is 0 Å². The van der Waals surface area contributed by atoms with E-state index >= 15 is 0 Å². The van der Waals surface area contributed by atoms with Gasteiger partial charge < -0.3 is 10.3 Å². The Morgan fingerprint density at radius 2 is 1.57 bits per heavy atom. The molecule has 2 N–H and O–H groups in total. The summed E-state index contributed by atoms with van der Waals surface area (Å²) >= 11 is 2.38. The maximum atomic E-state index is 12.2. The zero-order valence-electron chi connectivity index (χ0n) is 16.2. The van der Waals surface area contributed by atoms with Crippen LogP contribution in [0.2, 0.25) is 0 Å². The molecule has 1 amide bonds.